The van der Waals surface area contributed by atoms with Gasteiger partial charge in [0.05, 0.1) is 0 Å². The first-order valence-electron chi connectivity index (χ1n) is 7.97. The number of carboxylic acid groups (broad SMARTS) is 1. The molecule has 0 spiro atoms. The lowest BCUT2D eigenvalue weighted by Gasteiger charge is -2.32. The van der Waals surface area contributed by atoms with E-state index >= 15 is 0 Å². The SMILES string of the molecule is O=C(O)C(NCc1cccc(Br)c1)(c1ccccc1)c1ccccc1. The standard InChI is InChI=1S/C21H18BrNO2/c22-19-13-7-8-16(14-19)15-23-21(20(24)25,17-9-3-1-4-10-17)18-11-5-2-6-12-18/h1-14,23H,15H2,(H,24,25). The number of aliphatic carboxylic acids is 1. The number of carbonyl (C=O) groups is 1. The number of hydrogen-bond acceptors (Lipinski definition) is 2. The normalized spacial score (nSPS) is 11.2. The molecular formula is C21H18BrNO2. The number of halogens is 1. The second-order valence-corrected chi connectivity index (χ2v) is 6.69. The van der Waals surface area contributed by atoms with Gasteiger partial charge in [0, 0.05) is 11.0 Å². The van der Waals surface area contributed by atoms with Gasteiger partial charge in [0.15, 0.2) is 5.54 Å². The van der Waals surface area contributed by atoms with Crippen LogP contribution in [-0.4, -0.2) is 11.1 Å². The molecule has 0 unspecified atom stereocenters. The second kappa shape index (κ2) is 7.64. The fraction of sp³-hybridized carbons (Fsp3) is 0.0952. The Balaban J connectivity index is 2.06. The summed E-state index contributed by atoms with van der Waals surface area (Å²) < 4.78 is 0.965. The molecule has 0 aliphatic rings. The van der Waals surface area contributed by atoms with Crippen molar-refractivity contribution < 1.29 is 9.90 Å². The minimum atomic E-state index is -1.31. The smallest absolute Gasteiger partial charge is 0.333 e. The maximum atomic E-state index is 12.4. The zero-order valence-electron chi connectivity index (χ0n) is 13.5. The minimum Gasteiger partial charge on any atom is -0.479 e. The fourth-order valence-electron chi connectivity index (χ4n) is 2.95. The van der Waals surface area contributed by atoms with E-state index in [0.29, 0.717) is 17.7 Å². The molecule has 3 nitrogen and oxygen atoms in total. The summed E-state index contributed by atoms with van der Waals surface area (Å²) >= 11 is 3.46. The Labute approximate surface area is 155 Å². The van der Waals surface area contributed by atoms with Crippen molar-refractivity contribution in [2.75, 3.05) is 0 Å². The van der Waals surface area contributed by atoms with Gasteiger partial charge < -0.3 is 5.11 Å². The monoisotopic (exact) mass is 395 g/mol. The second-order valence-electron chi connectivity index (χ2n) is 5.77. The number of carboxylic acids is 1. The van der Waals surface area contributed by atoms with E-state index in [0.717, 1.165) is 10.0 Å². The molecule has 3 aromatic rings. The summed E-state index contributed by atoms with van der Waals surface area (Å²) in [5, 5.41) is 13.5. The third-order valence-electron chi connectivity index (χ3n) is 4.18. The van der Waals surface area contributed by atoms with Gasteiger partial charge in [0.1, 0.15) is 0 Å². The lowest BCUT2D eigenvalue weighted by Crippen LogP contribution is -2.49. The van der Waals surface area contributed by atoms with Crippen molar-refractivity contribution in [3.8, 4) is 0 Å². The van der Waals surface area contributed by atoms with Crippen molar-refractivity contribution in [2.45, 2.75) is 12.1 Å². The zero-order chi connectivity index (χ0) is 17.7. The third-order valence-corrected chi connectivity index (χ3v) is 4.67. The predicted octanol–water partition coefficient (Wildman–Crippen LogP) is 4.57. The van der Waals surface area contributed by atoms with Crippen LogP contribution in [0.2, 0.25) is 0 Å². The van der Waals surface area contributed by atoms with Gasteiger partial charge in [-0.25, -0.2) is 4.79 Å². The molecule has 0 aliphatic carbocycles. The van der Waals surface area contributed by atoms with Crippen LogP contribution in [-0.2, 0) is 16.9 Å². The lowest BCUT2D eigenvalue weighted by molar-refractivity contribution is -0.143. The summed E-state index contributed by atoms with van der Waals surface area (Å²) in [6.45, 7) is 0.426. The molecule has 0 heterocycles. The number of benzene rings is 3. The van der Waals surface area contributed by atoms with E-state index in [1.807, 2.05) is 84.9 Å². The minimum absolute atomic E-state index is 0.426. The summed E-state index contributed by atoms with van der Waals surface area (Å²) in [6, 6.07) is 26.4. The van der Waals surface area contributed by atoms with Gasteiger partial charge in [-0.1, -0.05) is 88.7 Å². The fourth-order valence-corrected chi connectivity index (χ4v) is 3.40. The highest BCUT2D eigenvalue weighted by molar-refractivity contribution is 9.10. The van der Waals surface area contributed by atoms with Crippen LogP contribution in [0.3, 0.4) is 0 Å². The van der Waals surface area contributed by atoms with Crippen molar-refractivity contribution in [1.29, 1.82) is 0 Å². The van der Waals surface area contributed by atoms with Crippen molar-refractivity contribution in [3.63, 3.8) is 0 Å². The molecule has 0 bridgehead atoms. The molecule has 2 N–H and O–H groups in total. The molecule has 4 heteroatoms. The summed E-state index contributed by atoms with van der Waals surface area (Å²) in [7, 11) is 0. The van der Waals surface area contributed by atoms with Gasteiger partial charge in [-0.15, -0.1) is 0 Å². The maximum absolute atomic E-state index is 12.4. The molecule has 0 saturated carbocycles. The van der Waals surface area contributed by atoms with Crippen LogP contribution in [0.4, 0.5) is 0 Å². The van der Waals surface area contributed by atoms with Crippen LogP contribution < -0.4 is 5.32 Å². The Morgan fingerprint density at radius 2 is 1.44 bits per heavy atom. The third kappa shape index (κ3) is 3.65. The molecule has 25 heavy (non-hydrogen) atoms. The summed E-state index contributed by atoms with van der Waals surface area (Å²) in [5.74, 6) is -0.931. The van der Waals surface area contributed by atoms with Crippen LogP contribution in [0.15, 0.2) is 89.4 Å². The van der Waals surface area contributed by atoms with Crippen LogP contribution in [0, 0.1) is 0 Å². The molecule has 3 rings (SSSR count). The Kier molecular flexibility index (Phi) is 5.31. The van der Waals surface area contributed by atoms with E-state index < -0.39 is 11.5 Å². The Morgan fingerprint density at radius 3 is 1.92 bits per heavy atom. The largest absolute Gasteiger partial charge is 0.479 e. The Morgan fingerprint density at radius 1 is 0.880 bits per heavy atom. The summed E-state index contributed by atoms with van der Waals surface area (Å²) in [5.41, 5.74) is 1.09. The van der Waals surface area contributed by atoms with E-state index in [1.165, 1.54) is 0 Å². The molecule has 0 saturated heterocycles. The van der Waals surface area contributed by atoms with Crippen molar-refractivity contribution in [3.05, 3.63) is 106 Å². The highest BCUT2D eigenvalue weighted by Crippen LogP contribution is 2.31. The molecule has 3 aromatic carbocycles. The molecule has 0 fully saturated rings. The van der Waals surface area contributed by atoms with Gasteiger partial charge >= 0.3 is 5.97 Å². The molecule has 0 aliphatic heterocycles. The zero-order valence-corrected chi connectivity index (χ0v) is 15.1. The summed E-state index contributed by atoms with van der Waals surface area (Å²) in [6.07, 6.45) is 0. The average Bonchev–Trinajstić information content (AvgIpc) is 2.64. The molecular weight excluding hydrogens is 378 g/mol. The highest BCUT2D eigenvalue weighted by Gasteiger charge is 2.41. The van der Waals surface area contributed by atoms with E-state index in [9.17, 15) is 9.90 Å². The molecule has 0 atom stereocenters. The van der Waals surface area contributed by atoms with Gasteiger partial charge in [-0.3, -0.25) is 5.32 Å². The first kappa shape index (κ1) is 17.4. The summed E-state index contributed by atoms with van der Waals surface area (Å²) in [4.78, 5) is 12.4. The van der Waals surface area contributed by atoms with E-state index in [-0.39, 0.29) is 0 Å². The van der Waals surface area contributed by atoms with Crippen LogP contribution in [0.5, 0.6) is 0 Å². The quantitative estimate of drug-likeness (QED) is 0.642. The van der Waals surface area contributed by atoms with E-state index in [4.69, 9.17) is 0 Å². The van der Waals surface area contributed by atoms with Gasteiger partial charge in [0.25, 0.3) is 0 Å². The van der Waals surface area contributed by atoms with Gasteiger partial charge in [-0.2, -0.15) is 0 Å². The number of rotatable bonds is 6. The van der Waals surface area contributed by atoms with Gasteiger partial charge in [0.2, 0.25) is 0 Å². The van der Waals surface area contributed by atoms with Crippen LogP contribution >= 0.6 is 15.9 Å². The topological polar surface area (TPSA) is 49.3 Å². The maximum Gasteiger partial charge on any atom is 0.333 e. The van der Waals surface area contributed by atoms with Crippen molar-refractivity contribution in [2.24, 2.45) is 0 Å². The Hall–Kier alpha value is -2.43. The number of nitrogens with one attached hydrogen (secondary N) is 1. The number of hydrogen-bond donors (Lipinski definition) is 2. The average molecular weight is 396 g/mol. The molecule has 0 radical (unpaired) electrons. The van der Waals surface area contributed by atoms with Crippen LogP contribution in [0.1, 0.15) is 16.7 Å². The van der Waals surface area contributed by atoms with Crippen molar-refractivity contribution in [1.82, 2.24) is 5.32 Å². The van der Waals surface area contributed by atoms with Gasteiger partial charge in [-0.05, 0) is 28.8 Å². The highest BCUT2D eigenvalue weighted by atomic mass is 79.9. The van der Waals surface area contributed by atoms with E-state index in [1.54, 1.807) is 0 Å². The molecule has 0 amide bonds. The first-order valence-corrected chi connectivity index (χ1v) is 8.76. The predicted molar refractivity (Wildman–Crippen MR) is 102 cm³/mol. The first-order chi connectivity index (χ1) is 12.1. The van der Waals surface area contributed by atoms with Crippen LogP contribution in [0.25, 0.3) is 0 Å². The molecule has 126 valence electrons. The Bertz CT molecular complexity index is 811. The van der Waals surface area contributed by atoms with E-state index in [2.05, 4.69) is 21.2 Å². The molecule has 0 aromatic heterocycles. The lowest BCUT2D eigenvalue weighted by atomic mass is 9.82. The van der Waals surface area contributed by atoms with Crippen molar-refractivity contribution >= 4 is 21.9 Å².